The van der Waals surface area contributed by atoms with Gasteiger partial charge in [-0.3, -0.25) is 0 Å². The highest BCUT2D eigenvalue weighted by molar-refractivity contribution is 5.26. The van der Waals surface area contributed by atoms with Crippen molar-refractivity contribution in [3.05, 3.63) is 41.2 Å². The molecule has 0 spiro atoms. The van der Waals surface area contributed by atoms with Gasteiger partial charge in [-0.1, -0.05) is 29.8 Å². The molecule has 5 nitrogen and oxygen atoms in total. The van der Waals surface area contributed by atoms with Gasteiger partial charge in [0.15, 0.2) is 0 Å². The predicted molar refractivity (Wildman–Crippen MR) is 78.6 cm³/mol. The molecule has 0 amide bonds. The second-order valence-electron chi connectivity index (χ2n) is 4.78. The van der Waals surface area contributed by atoms with Gasteiger partial charge in [0.1, 0.15) is 5.75 Å². The molecule has 0 bridgehead atoms. The van der Waals surface area contributed by atoms with E-state index in [0.717, 1.165) is 36.5 Å². The monoisotopic (exact) mass is 274 g/mol. The zero-order valence-corrected chi connectivity index (χ0v) is 12.2. The van der Waals surface area contributed by atoms with Crippen LogP contribution in [0.4, 0.5) is 0 Å². The summed E-state index contributed by atoms with van der Waals surface area (Å²) in [5, 5.41) is 8.24. The van der Waals surface area contributed by atoms with Crippen molar-refractivity contribution >= 4 is 0 Å². The number of aromatic nitrogens is 3. The molecule has 20 heavy (non-hydrogen) atoms. The Labute approximate surface area is 119 Å². The van der Waals surface area contributed by atoms with Crippen LogP contribution in [-0.4, -0.2) is 21.6 Å². The van der Waals surface area contributed by atoms with Crippen molar-refractivity contribution in [2.24, 2.45) is 5.73 Å². The fourth-order valence-electron chi connectivity index (χ4n) is 2.13. The third-order valence-electron chi connectivity index (χ3n) is 3.25. The van der Waals surface area contributed by atoms with E-state index in [9.17, 15) is 0 Å². The Bertz CT molecular complexity index is 533. The van der Waals surface area contributed by atoms with Crippen molar-refractivity contribution in [1.29, 1.82) is 0 Å². The molecule has 0 fully saturated rings. The summed E-state index contributed by atoms with van der Waals surface area (Å²) in [4.78, 5) is 0. The largest absolute Gasteiger partial charge is 0.494 e. The molecule has 108 valence electrons. The SMILES string of the molecule is CCc1c(CN)nnn1CCCOc1ccc(C)cc1. The molecule has 1 heterocycles. The number of nitrogens with two attached hydrogens (primary N) is 1. The van der Waals surface area contributed by atoms with Crippen LogP contribution < -0.4 is 10.5 Å². The maximum Gasteiger partial charge on any atom is 0.119 e. The lowest BCUT2D eigenvalue weighted by Gasteiger charge is -2.08. The van der Waals surface area contributed by atoms with Crippen LogP contribution in [0.15, 0.2) is 24.3 Å². The number of hydrogen-bond donors (Lipinski definition) is 1. The Balaban J connectivity index is 1.81. The average Bonchev–Trinajstić information content (AvgIpc) is 2.87. The first-order valence-corrected chi connectivity index (χ1v) is 7.05. The minimum absolute atomic E-state index is 0.447. The standard InChI is InChI=1S/C15H22N4O/c1-3-15-14(11-16)17-18-19(15)9-4-10-20-13-7-5-12(2)6-8-13/h5-8H,3-4,9-11,16H2,1-2H3. The van der Waals surface area contributed by atoms with E-state index in [2.05, 4.69) is 36.3 Å². The Morgan fingerprint density at radius 1 is 1.25 bits per heavy atom. The first-order chi connectivity index (χ1) is 9.74. The van der Waals surface area contributed by atoms with Crippen LogP contribution in [0.2, 0.25) is 0 Å². The average molecular weight is 274 g/mol. The summed E-state index contributed by atoms with van der Waals surface area (Å²) in [5.74, 6) is 0.910. The normalized spacial score (nSPS) is 10.8. The van der Waals surface area contributed by atoms with Gasteiger partial charge in [-0.2, -0.15) is 0 Å². The van der Waals surface area contributed by atoms with Crippen LogP contribution >= 0.6 is 0 Å². The van der Waals surface area contributed by atoms with E-state index in [4.69, 9.17) is 10.5 Å². The lowest BCUT2D eigenvalue weighted by atomic mass is 10.2. The van der Waals surface area contributed by atoms with Gasteiger partial charge >= 0.3 is 0 Å². The predicted octanol–water partition coefficient (Wildman–Crippen LogP) is 2.08. The molecule has 0 aliphatic heterocycles. The van der Waals surface area contributed by atoms with Gasteiger partial charge in [0, 0.05) is 19.5 Å². The number of ether oxygens (including phenoxy) is 1. The second-order valence-corrected chi connectivity index (χ2v) is 4.78. The van der Waals surface area contributed by atoms with E-state index in [1.807, 2.05) is 16.8 Å². The zero-order valence-electron chi connectivity index (χ0n) is 12.2. The maximum atomic E-state index is 5.70. The topological polar surface area (TPSA) is 66.0 Å². The molecule has 1 aromatic heterocycles. The summed E-state index contributed by atoms with van der Waals surface area (Å²) in [6, 6.07) is 8.09. The van der Waals surface area contributed by atoms with Crippen molar-refractivity contribution in [1.82, 2.24) is 15.0 Å². The zero-order chi connectivity index (χ0) is 14.4. The molecule has 0 radical (unpaired) electrons. The Morgan fingerprint density at radius 3 is 2.65 bits per heavy atom. The van der Waals surface area contributed by atoms with Gasteiger partial charge in [-0.25, -0.2) is 4.68 Å². The highest BCUT2D eigenvalue weighted by Gasteiger charge is 2.08. The minimum Gasteiger partial charge on any atom is -0.494 e. The molecule has 0 saturated carbocycles. The van der Waals surface area contributed by atoms with Crippen LogP contribution in [0.1, 0.15) is 30.3 Å². The van der Waals surface area contributed by atoms with E-state index >= 15 is 0 Å². The molecule has 0 saturated heterocycles. The quantitative estimate of drug-likeness (QED) is 0.785. The maximum absolute atomic E-state index is 5.70. The van der Waals surface area contributed by atoms with Gasteiger partial charge in [0.25, 0.3) is 0 Å². The molecule has 2 N–H and O–H groups in total. The van der Waals surface area contributed by atoms with Crippen LogP contribution in [-0.2, 0) is 19.5 Å². The van der Waals surface area contributed by atoms with Crippen molar-refractivity contribution in [2.45, 2.75) is 39.8 Å². The molecule has 5 heteroatoms. The lowest BCUT2D eigenvalue weighted by molar-refractivity contribution is 0.297. The van der Waals surface area contributed by atoms with Crippen LogP contribution in [0.5, 0.6) is 5.75 Å². The first-order valence-electron chi connectivity index (χ1n) is 7.05. The summed E-state index contributed by atoms with van der Waals surface area (Å²) < 4.78 is 7.63. The van der Waals surface area contributed by atoms with Gasteiger partial charge in [0.05, 0.1) is 18.0 Å². The van der Waals surface area contributed by atoms with Crippen LogP contribution in [0, 0.1) is 6.92 Å². The Hall–Kier alpha value is -1.88. The summed E-state index contributed by atoms with van der Waals surface area (Å²) in [6.07, 6.45) is 1.80. The number of aryl methyl sites for hydroxylation is 2. The summed E-state index contributed by atoms with van der Waals surface area (Å²) in [5.41, 5.74) is 8.90. The third-order valence-corrected chi connectivity index (χ3v) is 3.25. The molecule has 1 aromatic carbocycles. The van der Waals surface area contributed by atoms with Gasteiger partial charge < -0.3 is 10.5 Å². The van der Waals surface area contributed by atoms with Crippen molar-refractivity contribution < 1.29 is 4.74 Å². The van der Waals surface area contributed by atoms with E-state index in [-0.39, 0.29) is 0 Å². The lowest BCUT2D eigenvalue weighted by Crippen LogP contribution is -2.10. The summed E-state index contributed by atoms with van der Waals surface area (Å²) >= 11 is 0. The second kappa shape index (κ2) is 7.05. The minimum atomic E-state index is 0.447. The van der Waals surface area contributed by atoms with E-state index in [1.54, 1.807) is 0 Å². The molecule has 0 aliphatic carbocycles. The van der Waals surface area contributed by atoms with E-state index < -0.39 is 0 Å². The summed E-state index contributed by atoms with van der Waals surface area (Å²) in [7, 11) is 0. The number of rotatable bonds is 7. The molecule has 2 rings (SSSR count). The first kappa shape index (κ1) is 14.5. The molecule has 0 aliphatic rings. The molecule has 0 unspecified atom stereocenters. The Morgan fingerprint density at radius 2 is 2.00 bits per heavy atom. The van der Waals surface area contributed by atoms with Gasteiger partial charge in [-0.15, -0.1) is 5.10 Å². The number of nitrogens with zero attached hydrogens (tertiary/aromatic N) is 3. The van der Waals surface area contributed by atoms with Crippen LogP contribution in [0.3, 0.4) is 0 Å². The summed E-state index contributed by atoms with van der Waals surface area (Å²) in [6.45, 7) is 6.09. The van der Waals surface area contributed by atoms with Gasteiger partial charge in [-0.05, 0) is 25.5 Å². The van der Waals surface area contributed by atoms with Crippen molar-refractivity contribution in [2.75, 3.05) is 6.61 Å². The smallest absolute Gasteiger partial charge is 0.119 e. The van der Waals surface area contributed by atoms with Crippen LogP contribution in [0.25, 0.3) is 0 Å². The molecular formula is C15H22N4O. The molecular weight excluding hydrogens is 252 g/mol. The molecule has 2 aromatic rings. The fraction of sp³-hybridized carbons (Fsp3) is 0.467. The van der Waals surface area contributed by atoms with E-state index in [0.29, 0.717) is 13.2 Å². The van der Waals surface area contributed by atoms with Crippen molar-refractivity contribution in [3.63, 3.8) is 0 Å². The number of hydrogen-bond acceptors (Lipinski definition) is 4. The van der Waals surface area contributed by atoms with Gasteiger partial charge in [0.2, 0.25) is 0 Å². The highest BCUT2D eigenvalue weighted by Crippen LogP contribution is 2.12. The molecule has 0 atom stereocenters. The highest BCUT2D eigenvalue weighted by atomic mass is 16.5. The Kier molecular flexibility index (Phi) is 5.12. The third kappa shape index (κ3) is 3.57. The number of benzene rings is 1. The van der Waals surface area contributed by atoms with Crippen molar-refractivity contribution in [3.8, 4) is 5.75 Å². The van der Waals surface area contributed by atoms with E-state index in [1.165, 1.54) is 5.56 Å². The fourth-order valence-corrected chi connectivity index (χ4v) is 2.13.